The number of aryl methyl sites for hydroxylation is 1. The molecule has 0 unspecified atom stereocenters. The van der Waals surface area contributed by atoms with Crippen LogP contribution >= 0.6 is 11.3 Å². The van der Waals surface area contributed by atoms with E-state index >= 15 is 0 Å². The number of nitrogens with two attached hydrogens (primary N) is 1. The average molecular weight is 285 g/mol. The van der Waals surface area contributed by atoms with Gasteiger partial charge in [0.25, 0.3) is 0 Å². The maximum atomic E-state index is 12.0. The van der Waals surface area contributed by atoms with E-state index < -0.39 is 0 Å². The quantitative estimate of drug-likeness (QED) is 0.787. The Labute approximate surface area is 120 Å². The van der Waals surface area contributed by atoms with Gasteiger partial charge in [0.2, 0.25) is 0 Å². The van der Waals surface area contributed by atoms with Gasteiger partial charge in [0.1, 0.15) is 5.82 Å². The van der Waals surface area contributed by atoms with Crippen molar-refractivity contribution in [2.45, 2.75) is 20.4 Å². The Balaban J connectivity index is 2.10. The van der Waals surface area contributed by atoms with Gasteiger partial charge in [-0.05, 0) is 26.0 Å². The highest BCUT2D eigenvalue weighted by Gasteiger charge is 2.11. The Morgan fingerprint density at radius 2 is 2.05 bits per heavy atom. The third-order valence-electron chi connectivity index (χ3n) is 3.54. The maximum absolute atomic E-state index is 12.0. The second kappa shape index (κ2) is 4.76. The molecule has 102 valence electrons. The first-order valence-corrected chi connectivity index (χ1v) is 7.19. The summed E-state index contributed by atoms with van der Waals surface area (Å²) in [6.45, 7) is 4.39. The molecule has 0 amide bonds. The zero-order chi connectivity index (χ0) is 14.3. The van der Waals surface area contributed by atoms with Gasteiger partial charge in [-0.3, -0.25) is 9.36 Å². The van der Waals surface area contributed by atoms with Crippen LogP contribution in [0, 0.1) is 13.8 Å². The second-order valence-corrected chi connectivity index (χ2v) is 5.99. The second-order valence-electron chi connectivity index (χ2n) is 4.82. The predicted octanol–water partition coefficient (Wildman–Crippen LogP) is 2.71. The number of benzene rings is 1. The van der Waals surface area contributed by atoms with E-state index in [1.54, 1.807) is 4.57 Å². The summed E-state index contributed by atoms with van der Waals surface area (Å²) < 4.78 is 1.75. The SMILES string of the molecule is Cc1sc(=O)n(Cc2cc3ccccc3nc2N)c1C. The third kappa shape index (κ3) is 2.10. The monoisotopic (exact) mass is 285 g/mol. The van der Waals surface area contributed by atoms with Gasteiger partial charge in [0.15, 0.2) is 0 Å². The molecular formula is C15H15N3OS. The Kier molecular flexibility index (Phi) is 3.06. The van der Waals surface area contributed by atoms with Crippen LogP contribution in [0.3, 0.4) is 0 Å². The van der Waals surface area contributed by atoms with E-state index in [1.165, 1.54) is 11.3 Å². The lowest BCUT2D eigenvalue weighted by molar-refractivity contribution is 0.752. The summed E-state index contributed by atoms with van der Waals surface area (Å²) in [6.07, 6.45) is 0. The summed E-state index contributed by atoms with van der Waals surface area (Å²) in [4.78, 5) is 17.5. The first-order chi connectivity index (χ1) is 9.56. The number of thiazole rings is 1. The van der Waals surface area contributed by atoms with Crippen LogP contribution < -0.4 is 10.6 Å². The van der Waals surface area contributed by atoms with E-state index in [0.29, 0.717) is 12.4 Å². The van der Waals surface area contributed by atoms with E-state index in [0.717, 1.165) is 27.0 Å². The standard InChI is InChI=1S/C15H15N3OS/c1-9-10(2)20-15(19)18(9)8-12-7-11-5-3-4-6-13(11)17-14(12)16/h3-7H,8H2,1-2H3,(H2,16,17). The minimum atomic E-state index is 0.0487. The largest absolute Gasteiger partial charge is 0.383 e. The fourth-order valence-electron chi connectivity index (χ4n) is 2.24. The van der Waals surface area contributed by atoms with Crippen molar-refractivity contribution < 1.29 is 0 Å². The van der Waals surface area contributed by atoms with Gasteiger partial charge in [-0.15, -0.1) is 0 Å². The highest BCUT2D eigenvalue weighted by atomic mass is 32.1. The molecule has 3 aromatic rings. The Morgan fingerprint density at radius 3 is 2.75 bits per heavy atom. The molecule has 0 radical (unpaired) electrons. The number of hydrogen-bond donors (Lipinski definition) is 1. The molecule has 20 heavy (non-hydrogen) atoms. The maximum Gasteiger partial charge on any atom is 0.307 e. The van der Waals surface area contributed by atoms with Crippen molar-refractivity contribution in [3.63, 3.8) is 0 Å². The summed E-state index contributed by atoms with van der Waals surface area (Å²) in [7, 11) is 0. The fourth-order valence-corrected chi connectivity index (χ4v) is 3.07. The van der Waals surface area contributed by atoms with E-state index in [-0.39, 0.29) is 4.87 Å². The first-order valence-electron chi connectivity index (χ1n) is 6.37. The molecule has 0 aliphatic rings. The number of fused-ring (bicyclic) bond motifs is 1. The number of aromatic nitrogens is 2. The molecule has 5 heteroatoms. The van der Waals surface area contributed by atoms with E-state index in [1.807, 2.05) is 44.2 Å². The number of pyridine rings is 1. The summed E-state index contributed by atoms with van der Waals surface area (Å²) in [5.74, 6) is 0.485. The molecule has 2 aromatic heterocycles. The number of rotatable bonds is 2. The van der Waals surface area contributed by atoms with E-state index in [2.05, 4.69) is 4.98 Å². The Bertz CT molecular complexity index is 848. The smallest absolute Gasteiger partial charge is 0.307 e. The van der Waals surface area contributed by atoms with Gasteiger partial charge >= 0.3 is 4.87 Å². The Hall–Kier alpha value is -2.14. The molecule has 0 aliphatic carbocycles. The molecule has 0 spiro atoms. The van der Waals surface area contributed by atoms with Crippen LogP contribution in [0.5, 0.6) is 0 Å². The molecule has 1 aromatic carbocycles. The van der Waals surface area contributed by atoms with Crippen LogP contribution in [0.4, 0.5) is 5.82 Å². The first kappa shape index (κ1) is 12.9. The van der Waals surface area contributed by atoms with Crippen molar-refractivity contribution >= 4 is 28.1 Å². The summed E-state index contributed by atoms with van der Waals surface area (Å²) >= 11 is 1.27. The van der Waals surface area contributed by atoms with E-state index in [9.17, 15) is 4.79 Å². The molecule has 0 bridgehead atoms. The normalized spacial score (nSPS) is 11.1. The van der Waals surface area contributed by atoms with Crippen molar-refractivity contribution in [2.75, 3.05) is 5.73 Å². The lowest BCUT2D eigenvalue weighted by Crippen LogP contribution is -2.16. The van der Waals surface area contributed by atoms with Crippen LogP contribution in [0.15, 0.2) is 35.1 Å². The highest BCUT2D eigenvalue weighted by molar-refractivity contribution is 7.09. The van der Waals surface area contributed by atoms with Crippen molar-refractivity contribution in [1.29, 1.82) is 0 Å². The molecule has 0 saturated carbocycles. The molecule has 2 heterocycles. The molecule has 3 rings (SSSR count). The number of nitrogen functional groups attached to an aromatic ring is 1. The van der Waals surface area contributed by atoms with Crippen molar-refractivity contribution in [1.82, 2.24) is 9.55 Å². The number of anilines is 1. The summed E-state index contributed by atoms with van der Waals surface area (Å²) in [5, 5.41) is 1.04. The average Bonchev–Trinajstić information content (AvgIpc) is 2.66. The lowest BCUT2D eigenvalue weighted by Gasteiger charge is -2.09. The van der Waals surface area contributed by atoms with Gasteiger partial charge in [0, 0.05) is 21.5 Å². The summed E-state index contributed by atoms with van der Waals surface area (Å²) in [5.41, 5.74) is 8.77. The lowest BCUT2D eigenvalue weighted by atomic mass is 10.1. The zero-order valence-electron chi connectivity index (χ0n) is 11.4. The van der Waals surface area contributed by atoms with Crippen LogP contribution in [0.25, 0.3) is 10.9 Å². The number of nitrogens with zero attached hydrogens (tertiary/aromatic N) is 2. The van der Waals surface area contributed by atoms with Gasteiger partial charge in [0.05, 0.1) is 12.1 Å². The summed E-state index contributed by atoms with van der Waals surface area (Å²) in [6, 6.07) is 9.85. The minimum Gasteiger partial charge on any atom is -0.383 e. The fraction of sp³-hybridized carbons (Fsp3) is 0.200. The molecule has 0 saturated heterocycles. The molecule has 2 N–H and O–H groups in total. The van der Waals surface area contributed by atoms with Crippen LogP contribution in [-0.4, -0.2) is 9.55 Å². The highest BCUT2D eigenvalue weighted by Crippen LogP contribution is 2.20. The van der Waals surface area contributed by atoms with Crippen LogP contribution in [-0.2, 0) is 6.54 Å². The molecule has 0 atom stereocenters. The van der Waals surface area contributed by atoms with Gasteiger partial charge in [-0.1, -0.05) is 29.5 Å². The molecule has 0 fully saturated rings. The van der Waals surface area contributed by atoms with Crippen molar-refractivity contribution in [2.24, 2.45) is 0 Å². The van der Waals surface area contributed by atoms with Crippen molar-refractivity contribution in [3.05, 3.63) is 56.1 Å². The number of para-hydroxylation sites is 1. The van der Waals surface area contributed by atoms with Gasteiger partial charge in [-0.2, -0.15) is 0 Å². The topological polar surface area (TPSA) is 60.9 Å². The minimum absolute atomic E-state index is 0.0487. The van der Waals surface area contributed by atoms with E-state index in [4.69, 9.17) is 5.73 Å². The predicted molar refractivity (Wildman–Crippen MR) is 83.3 cm³/mol. The molecular weight excluding hydrogens is 270 g/mol. The zero-order valence-corrected chi connectivity index (χ0v) is 12.2. The van der Waals surface area contributed by atoms with Crippen LogP contribution in [0.1, 0.15) is 16.1 Å². The third-order valence-corrected chi connectivity index (χ3v) is 4.54. The number of hydrogen-bond acceptors (Lipinski definition) is 4. The molecule has 0 aliphatic heterocycles. The molecule has 4 nitrogen and oxygen atoms in total. The van der Waals surface area contributed by atoms with Crippen molar-refractivity contribution in [3.8, 4) is 0 Å². The van der Waals surface area contributed by atoms with Gasteiger partial charge < -0.3 is 5.73 Å². The van der Waals surface area contributed by atoms with Gasteiger partial charge in [-0.25, -0.2) is 4.98 Å². The Morgan fingerprint density at radius 1 is 1.30 bits per heavy atom. The van der Waals surface area contributed by atoms with Crippen LogP contribution in [0.2, 0.25) is 0 Å².